The summed E-state index contributed by atoms with van der Waals surface area (Å²) in [6.07, 6.45) is 2.88. The van der Waals surface area contributed by atoms with Crippen molar-refractivity contribution in [1.82, 2.24) is 4.98 Å². The maximum Gasteiger partial charge on any atom is 0.0737 e. The molecule has 2 nitrogen and oxygen atoms in total. The van der Waals surface area contributed by atoms with Crippen LogP contribution in [0.15, 0.2) is 30.3 Å². The summed E-state index contributed by atoms with van der Waals surface area (Å²) in [5.74, 6) is 0. The Morgan fingerprint density at radius 3 is 2.81 bits per heavy atom. The van der Waals surface area contributed by atoms with Gasteiger partial charge in [-0.15, -0.1) is 0 Å². The van der Waals surface area contributed by atoms with E-state index in [-0.39, 0.29) is 6.61 Å². The third kappa shape index (κ3) is 2.39. The van der Waals surface area contributed by atoms with E-state index < -0.39 is 0 Å². The fraction of sp³-hybridized carbons (Fsp3) is 0.357. The number of hydrogen-bond donors (Lipinski definition) is 1. The normalized spacial score (nSPS) is 10.9. The molecule has 1 N–H and O–H groups in total. The van der Waals surface area contributed by atoms with Crippen molar-refractivity contribution >= 4 is 10.9 Å². The van der Waals surface area contributed by atoms with Gasteiger partial charge in [0.2, 0.25) is 0 Å². The fourth-order valence-electron chi connectivity index (χ4n) is 1.94. The Balaban J connectivity index is 2.32. The second-order valence-corrected chi connectivity index (χ2v) is 4.12. The number of aliphatic hydroxyl groups excluding tert-OH is 1. The minimum absolute atomic E-state index is 0.275. The van der Waals surface area contributed by atoms with Crippen molar-refractivity contribution in [2.24, 2.45) is 0 Å². The zero-order chi connectivity index (χ0) is 11.4. The van der Waals surface area contributed by atoms with E-state index in [1.807, 2.05) is 13.0 Å². The van der Waals surface area contributed by atoms with Crippen molar-refractivity contribution in [1.29, 1.82) is 0 Å². The number of benzene rings is 1. The van der Waals surface area contributed by atoms with E-state index in [0.717, 1.165) is 30.5 Å². The molecule has 0 fully saturated rings. The number of pyridine rings is 1. The van der Waals surface area contributed by atoms with Gasteiger partial charge in [0, 0.05) is 17.7 Å². The molecule has 2 heteroatoms. The molecule has 0 atom stereocenters. The van der Waals surface area contributed by atoms with Crippen LogP contribution in [-0.4, -0.2) is 16.7 Å². The number of aryl methyl sites for hydroxylation is 2. The molecule has 84 valence electrons. The molecule has 2 aromatic rings. The summed E-state index contributed by atoms with van der Waals surface area (Å²) in [6.45, 7) is 2.29. The molecule has 0 aliphatic rings. The fourth-order valence-corrected chi connectivity index (χ4v) is 1.94. The lowest BCUT2D eigenvalue weighted by Gasteiger charge is -2.06. The van der Waals surface area contributed by atoms with Crippen LogP contribution in [0.5, 0.6) is 0 Å². The van der Waals surface area contributed by atoms with E-state index in [2.05, 4.69) is 29.2 Å². The molecule has 0 spiro atoms. The zero-order valence-electron chi connectivity index (χ0n) is 9.61. The lowest BCUT2D eigenvalue weighted by atomic mass is 10.0. The first-order valence-corrected chi connectivity index (χ1v) is 5.77. The molecule has 0 amide bonds. The Bertz CT molecular complexity index is 479. The topological polar surface area (TPSA) is 33.1 Å². The Morgan fingerprint density at radius 2 is 2.00 bits per heavy atom. The highest BCUT2D eigenvalue weighted by molar-refractivity contribution is 5.81. The molecule has 1 aromatic carbocycles. The Kier molecular flexibility index (Phi) is 3.52. The first-order valence-electron chi connectivity index (χ1n) is 5.77. The lowest BCUT2D eigenvalue weighted by Crippen LogP contribution is -1.93. The molecule has 0 aliphatic heterocycles. The van der Waals surface area contributed by atoms with Crippen LogP contribution in [0.3, 0.4) is 0 Å². The van der Waals surface area contributed by atoms with Gasteiger partial charge in [-0.3, -0.25) is 4.98 Å². The first kappa shape index (κ1) is 11.1. The Morgan fingerprint density at radius 1 is 1.12 bits per heavy atom. The van der Waals surface area contributed by atoms with Crippen LogP contribution < -0.4 is 0 Å². The van der Waals surface area contributed by atoms with Gasteiger partial charge < -0.3 is 5.11 Å². The Hall–Kier alpha value is -1.41. The number of aromatic nitrogens is 1. The van der Waals surface area contributed by atoms with E-state index >= 15 is 0 Å². The highest BCUT2D eigenvalue weighted by atomic mass is 16.2. The molecule has 0 saturated carbocycles. The van der Waals surface area contributed by atoms with E-state index in [0.29, 0.717) is 0 Å². The summed E-state index contributed by atoms with van der Waals surface area (Å²) in [4.78, 5) is 4.59. The average Bonchev–Trinajstić information content (AvgIpc) is 2.30. The van der Waals surface area contributed by atoms with Crippen LogP contribution >= 0.6 is 0 Å². The van der Waals surface area contributed by atoms with Gasteiger partial charge in [-0.1, -0.05) is 24.3 Å². The van der Waals surface area contributed by atoms with Gasteiger partial charge in [0.25, 0.3) is 0 Å². The summed E-state index contributed by atoms with van der Waals surface area (Å²) >= 11 is 0. The minimum Gasteiger partial charge on any atom is -0.396 e. The molecular formula is C14H17NO. The molecule has 0 saturated heterocycles. The lowest BCUT2D eigenvalue weighted by molar-refractivity contribution is 0.284. The second-order valence-electron chi connectivity index (χ2n) is 4.12. The van der Waals surface area contributed by atoms with Gasteiger partial charge in [-0.05, 0) is 37.8 Å². The number of para-hydroxylation sites is 1. The molecule has 16 heavy (non-hydrogen) atoms. The smallest absolute Gasteiger partial charge is 0.0737 e. The number of hydrogen-bond acceptors (Lipinski definition) is 2. The standard InChI is InChI=1S/C14H17NO/c1-11-8-9-13-7-4-6-12(14(13)15-11)5-2-3-10-16/h4,6-9,16H,2-3,5,10H2,1H3. The van der Waals surface area contributed by atoms with Crippen LogP contribution in [0.2, 0.25) is 0 Å². The maximum atomic E-state index is 8.79. The monoisotopic (exact) mass is 215 g/mol. The first-order chi connectivity index (χ1) is 7.81. The van der Waals surface area contributed by atoms with Gasteiger partial charge in [-0.25, -0.2) is 0 Å². The quantitative estimate of drug-likeness (QED) is 0.795. The molecule has 1 aromatic heterocycles. The van der Waals surface area contributed by atoms with E-state index in [9.17, 15) is 0 Å². The molecule has 0 unspecified atom stereocenters. The third-order valence-corrected chi connectivity index (χ3v) is 2.80. The number of unbranched alkanes of at least 4 members (excludes halogenated alkanes) is 1. The van der Waals surface area contributed by atoms with Crippen molar-refractivity contribution in [2.45, 2.75) is 26.2 Å². The highest BCUT2D eigenvalue weighted by Crippen LogP contribution is 2.18. The zero-order valence-corrected chi connectivity index (χ0v) is 9.61. The molecule has 0 bridgehead atoms. The molecular weight excluding hydrogens is 198 g/mol. The van der Waals surface area contributed by atoms with Gasteiger partial charge >= 0.3 is 0 Å². The molecule has 0 aliphatic carbocycles. The van der Waals surface area contributed by atoms with Crippen molar-refractivity contribution in [3.05, 3.63) is 41.6 Å². The summed E-state index contributed by atoms with van der Waals surface area (Å²) in [5, 5.41) is 9.99. The second kappa shape index (κ2) is 5.08. The summed E-state index contributed by atoms with van der Waals surface area (Å²) in [7, 11) is 0. The van der Waals surface area contributed by atoms with Crippen LogP contribution in [0, 0.1) is 6.92 Å². The largest absolute Gasteiger partial charge is 0.396 e. The predicted octanol–water partition coefficient (Wildman–Crippen LogP) is 2.86. The SMILES string of the molecule is Cc1ccc2cccc(CCCCO)c2n1. The van der Waals surface area contributed by atoms with Crippen molar-refractivity contribution in [3.63, 3.8) is 0 Å². The number of nitrogens with zero attached hydrogens (tertiary/aromatic N) is 1. The van der Waals surface area contributed by atoms with Crippen LogP contribution in [0.4, 0.5) is 0 Å². The maximum absolute atomic E-state index is 8.79. The number of rotatable bonds is 4. The van der Waals surface area contributed by atoms with Crippen LogP contribution in [0.25, 0.3) is 10.9 Å². The average molecular weight is 215 g/mol. The van der Waals surface area contributed by atoms with E-state index in [1.54, 1.807) is 0 Å². The van der Waals surface area contributed by atoms with E-state index in [4.69, 9.17) is 5.11 Å². The highest BCUT2D eigenvalue weighted by Gasteiger charge is 2.02. The van der Waals surface area contributed by atoms with Crippen LogP contribution in [0.1, 0.15) is 24.1 Å². The van der Waals surface area contributed by atoms with Gasteiger partial charge in [0.15, 0.2) is 0 Å². The molecule has 0 radical (unpaired) electrons. The molecule has 1 heterocycles. The number of fused-ring (bicyclic) bond motifs is 1. The molecule has 2 rings (SSSR count). The summed E-state index contributed by atoms with van der Waals surface area (Å²) in [5.41, 5.74) is 3.46. The number of aliphatic hydroxyl groups is 1. The summed E-state index contributed by atoms with van der Waals surface area (Å²) in [6, 6.07) is 10.5. The van der Waals surface area contributed by atoms with Crippen LogP contribution in [-0.2, 0) is 6.42 Å². The van der Waals surface area contributed by atoms with Gasteiger partial charge in [0.05, 0.1) is 5.52 Å². The van der Waals surface area contributed by atoms with Crippen molar-refractivity contribution < 1.29 is 5.11 Å². The van der Waals surface area contributed by atoms with Gasteiger partial charge in [-0.2, -0.15) is 0 Å². The Labute approximate surface area is 96.0 Å². The summed E-state index contributed by atoms with van der Waals surface area (Å²) < 4.78 is 0. The van der Waals surface area contributed by atoms with Gasteiger partial charge in [0.1, 0.15) is 0 Å². The van der Waals surface area contributed by atoms with E-state index in [1.165, 1.54) is 10.9 Å². The predicted molar refractivity (Wildman–Crippen MR) is 66.5 cm³/mol. The third-order valence-electron chi connectivity index (χ3n) is 2.80. The van der Waals surface area contributed by atoms with Crippen molar-refractivity contribution in [3.8, 4) is 0 Å². The van der Waals surface area contributed by atoms with Crippen molar-refractivity contribution in [2.75, 3.05) is 6.61 Å². The minimum atomic E-state index is 0.275.